The van der Waals surface area contributed by atoms with Crippen LogP contribution in [-0.2, 0) is 16.0 Å². The summed E-state index contributed by atoms with van der Waals surface area (Å²) >= 11 is 0. The van der Waals surface area contributed by atoms with Crippen LogP contribution in [0.1, 0.15) is 31.2 Å². The van der Waals surface area contributed by atoms with Crippen molar-refractivity contribution in [2.24, 2.45) is 0 Å². The molecule has 0 spiro atoms. The van der Waals surface area contributed by atoms with Crippen LogP contribution in [0.3, 0.4) is 0 Å². The molecule has 0 N–H and O–H groups in total. The first-order chi connectivity index (χ1) is 9.78. The zero-order valence-electron chi connectivity index (χ0n) is 12.4. The molecule has 0 radical (unpaired) electrons. The molecule has 1 saturated heterocycles. The molecule has 0 bridgehead atoms. The first-order valence-electron chi connectivity index (χ1n) is 7.67. The molecule has 0 amide bonds. The lowest BCUT2D eigenvalue weighted by Crippen LogP contribution is -2.51. The van der Waals surface area contributed by atoms with Crippen LogP contribution in [0.15, 0.2) is 18.2 Å². The maximum absolute atomic E-state index is 5.97. The quantitative estimate of drug-likeness (QED) is 0.844. The Labute approximate surface area is 121 Å². The number of hydrogen-bond donors (Lipinski definition) is 0. The Hall–Kier alpha value is -0.970. The molecule has 4 nitrogen and oxygen atoms in total. The number of aryl methyl sites for hydroxylation is 1. The van der Waals surface area contributed by atoms with Gasteiger partial charge < -0.3 is 9.47 Å². The van der Waals surface area contributed by atoms with Crippen LogP contribution in [0.2, 0.25) is 0 Å². The van der Waals surface area contributed by atoms with Gasteiger partial charge in [0, 0.05) is 31.4 Å². The molecule has 0 unspecified atom stereocenters. The van der Waals surface area contributed by atoms with Crippen LogP contribution in [0.25, 0.3) is 0 Å². The summed E-state index contributed by atoms with van der Waals surface area (Å²) in [6, 6.07) is 6.74. The van der Waals surface area contributed by atoms with Gasteiger partial charge in [0.25, 0.3) is 0 Å². The predicted molar refractivity (Wildman–Crippen MR) is 77.6 cm³/mol. The van der Waals surface area contributed by atoms with Crippen LogP contribution in [0.4, 0.5) is 0 Å². The summed E-state index contributed by atoms with van der Waals surface area (Å²) in [5, 5.41) is 0. The highest BCUT2D eigenvalue weighted by atomic mass is 16.5. The van der Waals surface area contributed by atoms with E-state index in [9.17, 15) is 0 Å². The third-order valence-electron chi connectivity index (χ3n) is 4.34. The lowest BCUT2D eigenvalue weighted by molar-refractivity contribution is -0.113. The fourth-order valence-corrected chi connectivity index (χ4v) is 3.48. The van der Waals surface area contributed by atoms with E-state index < -0.39 is 0 Å². The van der Waals surface area contributed by atoms with E-state index in [0.29, 0.717) is 6.04 Å². The molecule has 4 heteroatoms. The Bertz CT molecular complexity index is 452. The minimum absolute atomic E-state index is 0.244. The maximum Gasteiger partial charge on any atom is 0.0992 e. The van der Waals surface area contributed by atoms with Crippen molar-refractivity contribution in [2.75, 3.05) is 19.8 Å². The van der Waals surface area contributed by atoms with Gasteiger partial charge in [0.2, 0.25) is 0 Å². The molecule has 110 valence electrons. The van der Waals surface area contributed by atoms with Crippen molar-refractivity contribution < 1.29 is 9.47 Å². The molecule has 0 aromatic carbocycles. The number of hydrogen-bond acceptors (Lipinski definition) is 4. The van der Waals surface area contributed by atoms with Crippen LogP contribution in [-0.4, -0.2) is 47.9 Å². The molecule has 2 fully saturated rings. The van der Waals surface area contributed by atoms with Crippen molar-refractivity contribution in [3.8, 4) is 0 Å². The van der Waals surface area contributed by atoms with Gasteiger partial charge in [-0.25, -0.2) is 0 Å². The number of nitrogens with zero attached hydrogens (tertiary/aromatic N) is 2. The average Bonchev–Trinajstić information content (AvgIpc) is 2.84. The number of morpholine rings is 1. The molecular weight excluding hydrogens is 252 g/mol. The van der Waals surface area contributed by atoms with E-state index in [-0.39, 0.29) is 12.2 Å². The highest BCUT2D eigenvalue weighted by molar-refractivity contribution is 5.10. The van der Waals surface area contributed by atoms with E-state index in [0.717, 1.165) is 44.1 Å². The normalized spacial score (nSPS) is 30.4. The SMILES string of the molecule is CCO[C@H]1CC[C@H]2[C@H]1OCCN2Cc1cccc(C)n1. The summed E-state index contributed by atoms with van der Waals surface area (Å²) in [5.74, 6) is 0. The van der Waals surface area contributed by atoms with Crippen LogP contribution in [0.5, 0.6) is 0 Å². The molecule has 20 heavy (non-hydrogen) atoms. The molecule has 3 rings (SSSR count). The van der Waals surface area contributed by atoms with E-state index in [1.807, 2.05) is 13.0 Å². The van der Waals surface area contributed by atoms with Gasteiger partial charge in [-0.2, -0.15) is 0 Å². The lowest BCUT2D eigenvalue weighted by atomic mass is 10.1. The Balaban J connectivity index is 1.68. The second kappa shape index (κ2) is 6.20. The summed E-state index contributed by atoms with van der Waals surface area (Å²) in [7, 11) is 0. The first kappa shape index (κ1) is 14.0. The highest BCUT2D eigenvalue weighted by Gasteiger charge is 2.43. The van der Waals surface area contributed by atoms with Gasteiger partial charge in [-0.3, -0.25) is 9.88 Å². The topological polar surface area (TPSA) is 34.6 Å². The highest BCUT2D eigenvalue weighted by Crippen LogP contribution is 2.32. The number of ether oxygens (including phenoxy) is 2. The van der Waals surface area contributed by atoms with Crippen LogP contribution < -0.4 is 0 Å². The molecule has 2 heterocycles. The van der Waals surface area contributed by atoms with Crippen molar-refractivity contribution in [1.82, 2.24) is 9.88 Å². The molecule has 3 atom stereocenters. The van der Waals surface area contributed by atoms with Crippen molar-refractivity contribution in [3.05, 3.63) is 29.6 Å². The van der Waals surface area contributed by atoms with Gasteiger partial charge in [0.1, 0.15) is 0 Å². The smallest absolute Gasteiger partial charge is 0.0992 e. The molecule has 2 aliphatic rings. The zero-order chi connectivity index (χ0) is 13.9. The van der Waals surface area contributed by atoms with Gasteiger partial charge in [-0.15, -0.1) is 0 Å². The van der Waals surface area contributed by atoms with E-state index >= 15 is 0 Å². The summed E-state index contributed by atoms with van der Waals surface area (Å²) in [4.78, 5) is 7.15. The second-order valence-electron chi connectivity index (χ2n) is 5.71. The molecule has 1 aliphatic heterocycles. The van der Waals surface area contributed by atoms with Gasteiger partial charge >= 0.3 is 0 Å². The number of pyridine rings is 1. The van der Waals surface area contributed by atoms with Gasteiger partial charge in [-0.05, 0) is 38.8 Å². The van der Waals surface area contributed by atoms with E-state index in [1.165, 1.54) is 6.42 Å². The van der Waals surface area contributed by atoms with Crippen molar-refractivity contribution in [2.45, 2.75) is 51.5 Å². The number of rotatable bonds is 4. The first-order valence-corrected chi connectivity index (χ1v) is 7.67. The maximum atomic E-state index is 5.97. The summed E-state index contributed by atoms with van der Waals surface area (Å²) in [5.41, 5.74) is 2.25. The van der Waals surface area contributed by atoms with Crippen molar-refractivity contribution in [3.63, 3.8) is 0 Å². The van der Waals surface area contributed by atoms with Crippen LogP contribution in [0, 0.1) is 6.92 Å². The van der Waals surface area contributed by atoms with E-state index in [1.54, 1.807) is 0 Å². The average molecular weight is 276 g/mol. The summed E-state index contributed by atoms with van der Waals surface area (Å²) in [6.07, 6.45) is 2.80. The van der Waals surface area contributed by atoms with Gasteiger partial charge in [0.05, 0.1) is 24.5 Å². The Morgan fingerprint density at radius 3 is 3.10 bits per heavy atom. The minimum Gasteiger partial charge on any atom is -0.376 e. The van der Waals surface area contributed by atoms with Crippen LogP contribution >= 0.6 is 0 Å². The lowest BCUT2D eigenvalue weighted by Gasteiger charge is -2.38. The largest absolute Gasteiger partial charge is 0.376 e. The third-order valence-corrected chi connectivity index (χ3v) is 4.34. The minimum atomic E-state index is 0.244. The van der Waals surface area contributed by atoms with Gasteiger partial charge in [-0.1, -0.05) is 6.07 Å². The van der Waals surface area contributed by atoms with Crippen molar-refractivity contribution >= 4 is 0 Å². The Kier molecular flexibility index (Phi) is 4.34. The molecule has 1 aliphatic carbocycles. The molecule has 1 aromatic heterocycles. The van der Waals surface area contributed by atoms with Crippen molar-refractivity contribution in [1.29, 1.82) is 0 Å². The number of aromatic nitrogens is 1. The fourth-order valence-electron chi connectivity index (χ4n) is 3.48. The Morgan fingerprint density at radius 2 is 2.30 bits per heavy atom. The Morgan fingerprint density at radius 1 is 1.40 bits per heavy atom. The van der Waals surface area contributed by atoms with E-state index in [4.69, 9.17) is 9.47 Å². The third kappa shape index (κ3) is 2.87. The predicted octanol–water partition coefficient (Wildman–Crippen LogP) is 2.16. The second-order valence-corrected chi connectivity index (χ2v) is 5.71. The molecular formula is C16H24N2O2. The summed E-state index contributed by atoms with van der Waals surface area (Å²) in [6.45, 7) is 7.60. The van der Waals surface area contributed by atoms with E-state index in [2.05, 4.69) is 28.9 Å². The summed E-state index contributed by atoms with van der Waals surface area (Å²) < 4.78 is 11.8. The number of fused-ring (bicyclic) bond motifs is 1. The van der Waals surface area contributed by atoms with Gasteiger partial charge in [0.15, 0.2) is 0 Å². The zero-order valence-corrected chi connectivity index (χ0v) is 12.4. The monoisotopic (exact) mass is 276 g/mol. The standard InChI is InChI=1S/C16H24N2O2/c1-3-19-15-8-7-14-16(15)20-10-9-18(14)11-13-6-4-5-12(2)17-13/h4-6,14-16H,3,7-11H2,1-2H3/t14-,15-,16+/m0/s1. The molecule has 1 saturated carbocycles. The molecule has 1 aromatic rings. The fraction of sp³-hybridized carbons (Fsp3) is 0.688.